The summed E-state index contributed by atoms with van der Waals surface area (Å²) in [5.41, 5.74) is 2.86. The maximum Gasteiger partial charge on any atom is 0.197 e. The lowest BCUT2D eigenvalue weighted by Gasteiger charge is -2.18. The van der Waals surface area contributed by atoms with E-state index < -0.39 is 0 Å². The van der Waals surface area contributed by atoms with Crippen LogP contribution in [0.3, 0.4) is 0 Å². The normalized spacial score (nSPS) is 11.6. The van der Waals surface area contributed by atoms with Gasteiger partial charge in [-0.15, -0.1) is 0 Å². The molecule has 4 heteroatoms. The van der Waals surface area contributed by atoms with E-state index in [1.165, 1.54) is 0 Å². The number of hydrogen-bond acceptors (Lipinski definition) is 2. The number of halogens is 2. The van der Waals surface area contributed by atoms with E-state index in [9.17, 15) is 0 Å². The Bertz CT molecular complexity index is 576. The molecule has 0 fully saturated rings. The van der Waals surface area contributed by atoms with Crippen molar-refractivity contribution < 1.29 is 0 Å². The SMILES string of the molecule is CC(C)(C)c1cc(-c2cccc(Cl)c2)nc(Br)n1. The van der Waals surface area contributed by atoms with Crippen molar-refractivity contribution in [2.24, 2.45) is 0 Å². The highest BCUT2D eigenvalue weighted by atomic mass is 79.9. The van der Waals surface area contributed by atoms with E-state index in [2.05, 4.69) is 46.7 Å². The zero-order valence-corrected chi connectivity index (χ0v) is 12.9. The van der Waals surface area contributed by atoms with Crippen LogP contribution in [-0.4, -0.2) is 9.97 Å². The third kappa shape index (κ3) is 3.09. The fourth-order valence-corrected chi connectivity index (χ4v) is 2.17. The van der Waals surface area contributed by atoms with Crippen LogP contribution in [0.15, 0.2) is 35.1 Å². The Morgan fingerprint density at radius 1 is 1.11 bits per heavy atom. The lowest BCUT2D eigenvalue weighted by Crippen LogP contribution is -2.14. The van der Waals surface area contributed by atoms with Gasteiger partial charge in [-0.1, -0.05) is 44.5 Å². The lowest BCUT2D eigenvalue weighted by atomic mass is 9.91. The van der Waals surface area contributed by atoms with Crippen molar-refractivity contribution in [1.82, 2.24) is 9.97 Å². The van der Waals surface area contributed by atoms with Crippen LogP contribution in [-0.2, 0) is 5.41 Å². The minimum Gasteiger partial charge on any atom is -0.227 e. The molecule has 0 aliphatic carbocycles. The highest BCUT2D eigenvalue weighted by Crippen LogP contribution is 2.27. The van der Waals surface area contributed by atoms with E-state index in [4.69, 9.17) is 11.6 Å². The highest BCUT2D eigenvalue weighted by Gasteiger charge is 2.17. The molecule has 1 aromatic carbocycles. The smallest absolute Gasteiger partial charge is 0.197 e. The van der Waals surface area contributed by atoms with E-state index in [1.807, 2.05) is 30.3 Å². The molecule has 0 aliphatic heterocycles. The Kier molecular flexibility index (Phi) is 3.74. The van der Waals surface area contributed by atoms with Crippen LogP contribution in [0.5, 0.6) is 0 Å². The third-order valence-corrected chi connectivity index (χ3v) is 3.18. The van der Waals surface area contributed by atoms with E-state index >= 15 is 0 Å². The number of nitrogens with zero attached hydrogens (tertiary/aromatic N) is 2. The van der Waals surface area contributed by atoms with Crippen molar-refractivity contribution in [3.63, 3.8) is 0 Å². The summed E-state index contributed by atoms with van der Waals surface area (Å²) in [5.74, 6) is 0. The van der Waals surface area contributed by atoms with Gasteiger partial charge in [-0.3, -0.25) is 0 Å². The van der Waals surface area contributed by atoms with Gasteiger partial charge in [0, 0.05) is 16.0 Å². The van der Waals surface area contributed by atoms with Crippen molar-refractivity contribution >= 4 is 27.5 Å². The zero-order chi connectivity index (χ0) is 13.3. The van der Waals surface area contributed by atoms with Crippen molar-refractivity contribution in [3.8, 4) is 11.3 Å². The van der Waals surface area contributed by atoms with E-state index in [1.54, 1.807) is 0 Å². The minimum absolute atomic E-state index is 0.0151. The Balaban J connectivity index is 2.55. The fraction of sp³-hybridized carbons (Fsp3) is 0.286. The number of aromatic nitrogens is 2. The summed E-state index contributed by atoms with van der Waals surface area (Å²) in [5, 5.41) is 0.708. The second-order valence-corrected chi connectivity index (χ2v) is 6.31. The lowest BCUT2D eigenvalue weighted by molar-refractivity contribution is 0.565. The largest absolute Gasteiger partial charge is 0.227 e. The molecule has 0 unspecified atom stereocenters. The number of hydrogen-bond donors (Lipinski definition) is 0. The van der Waals surface area contributed by atoms with E-state index in [-0.39, 0.29) is 5.41 Å². The first kappa shape index (κ1) is 13.5. The van der Waals surface area contributed by atoms with Crippen molar-refractivity contribution in [2.45, 2.75) is 26.2 Å². The molecule has 0 radical (unpaired) electrons. The monoisotopic (exact) mass is 324 g/mol. The fourth-order valence-electron chi connectivity index (χ4n) is 1.60. The Hall–Kier alpha value is -0.930. The highest BCUT2D eigenvalue weighted by molar-refractivity contribution is 9.10. The van der Waals surface area contributed by atoms with E-state index in [0.29, 0.717) is 9.76 Å². The Morgan fingerprint density at radius 3 is 2.44 bits per heavy atom. The van der Waals surface area contributed by atoms with Gasteiger partial charge in [0.1, 0.15) is 0 Å². The molecule has 0 saturated heterocycles. The van der Waals surface area contributed by atoms with Crippen LogP contribution in [0.25, 0.3) is 11.3 Å². The average Bonchev–Trinajstić information content (AvgIpc) is 2.27. The standard InChI is InChI=1S/C14H14BrClN2/c1-14(2,3)12-8-11(17-13(15)18-12)9-5-4-6-10(16)7-9/h4-8H,1-3H3. The summed E-state index contributed by atoms with van der Waals surface area (Å²) >= 11 is 9.38. The van der Waals surface area contributed by atoms with Crippen LogP contribution in [0.2, 0.25) is 5.02 Å². The van der Waals surface area contributed by atoms with Gasteiger partial charge in [0.15, 0.2) is 4.73 Å². The van der Waals surface area contributed by atoms with Gasteiger partial charge in [0.05, 0.1) is 11.4 Å². The third-order valence-electron chi connectivity index (χ3n) is 2.59. The van der Waals surface area contributed by atoms with Crippen LogP contribution in [0.4, 0.5) is 0 Å². The summed E-state index contributed by atoms with van der Waals surface area (Å²) in [6.07, 6.45) is 0. The zero-order valence-electron chi connectivity index (χ0n) is 10.5. The second kappa shape index (κ2) is 4.98. The molecule has 18 heavy (non-hydrogen) atoms. The average molecular weight is 326 g/mol. The molecule has 1 aromatic heterocycles. The molecule has 0 spiro atoms. The predicted octanol–water partition coefficient (Wildman–Crippen LogP) is 4.86. The molecule has 2 aromatic rings. The summed E-state index contributed by atoms with van der Waals surface area (Å²) in [6.45, 7) is 6.39. The minimum atomic E-state index is -0.0151. The number of rotatable bonds is 1. The Morgan fingerprint density at radius 2 is 1.83 bits per heavy atom. The molecule has 2 rings (SSSR count). The molecule has 0 N–H and O–H groups in total. The van der Waals surface area contributed by atoms with Gasteiger partial charge < -0.3 is 0 Å². The topological polar surface area (TPSA) is 25.8 Å². The molecular formula is C14H14BrClN2. The van der Waals surface area contributed by atoms with Crippen molar-refractivity contribution in [1.29, 1.82) is 0 Å². The molecular weight excluding hydrogens is 312 g/mol. The number of benzene rings is 1. The summed E-state index contributed by atoms with van der Waals surface area (Å²) < 4.78 is 0.602. The first-order valence-corrected chi connectivity index (χ1v) is 6.84. The van der Waals surface area contributed by atoms with Gasteiger partial charge in [-0.05, 0) is 34.1 Å². The van der Waals surface area contributed by atoms with Crippen molar-refractivity contribution in [2.75, 3.05) is 0 Å². The molecule has 1 heterocycles. The quantitative estimate of drug-likeness (QED) is 0.700. The van der Waals surface area contributed by atoms with E-state index in [0.717, 1.165) is 17.0 Å². The molecule has 0 bridgehead atoms. The summed E-state index contributed by atoms with van der Waals surface area (Å²) in [6, 6.07) is 9.68. The summed E-state index contributed by atoms with van der Waals surface area (Å²) in [4.78, 5) is 8.83. The van der Waals surface area contributed by atoms with Crippen LogP contribution < -0.4 is 0 Å². The second-order valence-electron chi connectivity index (χ2n) is 5.17. The first-order chi connectivity index (χ1) is 8.36. The molecule has 0 atom stereocenters. The maximum absolute atomic E-state index is 6.01. The van der Waals surface area contributed by atoms with Gasteiger partial charge in [0.2, 0.25) is 0 Å². The van der Waals surface area contributed by atoms with Gasteiger partial charge >= 0.3 is 0 Å². The maximum atomic E-state index is 6.01. The van der Waals surface area contributed by atoms with Gasteiger partial charge in [0.25, 0.3) is 0 Å². The Labute approximate surface area is 121 Å². The van der Waals surface area contributed by atoms with Gasteiger partial charge in [-0.2, -0.15) is 0 Å². The predicted molar refractivity (Wildman–Crippen MR) is 78.9 cm³/mol. The molecule has 0 amide bonds. The molecule has 0 saturated carbocycles. The molecule has 0 aliphatic rings. The molecule has 94 valence electrons. The van der Waals surface area contributed by atoms with Crippen LogP contribution in [0.1, 0.15) is 26.5 Å². The first-order valence-electron chi connectivity index (χ1n) is 5.67. The van der Waals surface area contributed by atoms with Crippen LogP contribution in [0, 0.1) is 0 Å². The van der Waals surface area contributed by atoms with Crippen LogP contribution >= 0.6 is 27.5 Å². The summed E-state index contributed by atoms with van der Waals surface area (Å²) in [7, 11) is 0. The molecule has 2 nitrogen and oxygen atoms in total. The van der Waals surface area contributed by atoms with Gasteiger partial charge in [-0.25, -0.2) is 9.97 Å². The van der Waals surface area contributed by atoms with Crippen molar-refractivity contribution in [3.05, 3.63) is 45.8 Å².